The predicted molar refractivity (Wildman–Crippen MR) is 210 cm³/mol. The predicted octanol–water partition coefficient (Wildman–Crippen LogP) is 9.37. The molecule has 0 aliphatic carbocycles. The number of carbonyl (C=O) groups is 2. The van der Waals surface area contributed by atoms with E-state index in [-0.39, 0.29) is 36.8 Å². The molecule has 0 saturated heterocycles. The van der Waals surface area contributed by atoms with Crippen LogP contribution in [0.4, 0.5) is 0 Å². The largest absolute Gasteiger partial charge is 0.469 e. The summed E-state index contributed by atoms with van der Waals surface area (Å²) in [5.41, 5.74) is 1.73. The molecule has 0 amide bonds. The molecule has 0 heterocycles. The third-order valence-corrected chi connectivity index (χ3v) is 12.0. The average molecular weight is 719 g/mol. The number of carbonyl (C=O) groups excluding carboxylic acids is 2. The fraction of sp³-hybridized carbons (Fsp3) is 0.545. The van der Waals surface area contributed by atoms with Crippen molar-refractivity contribution in [2.75, 3.05) is 26.1 Å². The van der Waals surface area contributed by atoms with Gasteiger partial charge in [-0.05, 0) is 74.0 Å². The van der Waals surface area contributed by atoms with E-state index >= 15 is 0 Å². The molecule has 3 aromatic carbocycles. The van der Waals surface area contributed by atoms with Crippen molar-refractivity contribution in [3.63, 3.8) is 0 Å². The van der Waals surface area contributed by atoms with Gasteiger partial charge in [0.1, 0.15) is 6.61 Å². The number of benzene rings is 3. The van der Waals surface area contributed by atoms with Crippen LogP contribution in [0.2, 0.25) is 0 Å². The van der Waals surface area contributed by atoms with Gasteiger partial charge < -0.3 is 19.7 Å². The Morgan fingerprint density at radius 3 is 1.92 bits per heavy atom. The number of aliphatic hydroxyl groups is 2. The zero-order chi connectivity index (χ0) is 37.3. The number of hydrogen-bond acceptors (Lipinski definition) is 7. The zero-order valence-electron chi connectivity index (χ0n) is 31.8. The highest BCUT2D eigenvalue weighted by molar-refractivity contribution is 7.99. The first-order valence-corrected chi connectivity index (χ1v) is 19.9. The Kier molecular flexibility index (Phi) is 17.8. The molecule has 280 valence electrons. The number of ether oxygens (including phenoxy) is 2. The summed E-state index contributed by atoms with van der Waals surface area (Å²) in [4.78, 5) is 27.5. The molecule has 51 heavy (non-hydrogen) atoms. The van der Waals surface area contributed by atoms with Crippen molar-refractivity contribution in [2.24, 2.45) is 17.3 Å². The molecule has 0 spiro atoms. The fourth-order valence-electron chi connectivity index (χ4n) is 7.60. The minimum absolute atomic E-state index is 0.104. The van der Waals surface area contributed by atoms with E-state index in [0.29, 0.717) is 24.5 Å². The summed E-state index contributed by atoms with van der Waals surface area (Å²) in [6.45, 7) is 10.3. The average Bonchev–Trinajstić information content (AvgIpc) is 3.16. The van der Waals surface area contributed by atoms with Crippen molar-refractivity contribution in [1.29, 1.82) is 0 Å². The lowest BCUT2D eigenvalue weighted by Gasteiger charge is -2.44. The summed E-state index contributed by atoms with van der Waals surface area (Å²) in [7, 11) is 1.38. The smallest absolute Gasteiger partial charge is 0.311 e. The van der Waals surface area contributed by atoms with Gasteiger partial charge in [-0.15, -0.1) is 0 Å². The molecule has 7 heteroatoms. The molecule has 0 fully saturated rings. The molecule has 0 radical (unpaired) electrons. The number of esters is 2. The van der Waals surface area contributed by atoms with E-state index < -0.39 is 28.8 Å². The molecule has 3 rings (SSSR count). The maximum Gasteiger partial charge on any atom is 0.311 e. The van der Waals surface area contributed by atoms with Crippen LogP contribution >= 0.6 is 11.8 Å². The standard InChI is InChI=1S/C44H62O6S/c1-7-18-40(25-26-45)51-31-39(46)30-50-42(48)43(5,28-34(4)41(47)49-6)32-44(37-21-14-10-15-22-37,38-23-16-11-17-24-38)29-36(27-33(3)8-2)35-19-12-9-13-20-35/h9-17,19-24,33-34,36,39-40,45-46H,7-8,18,25-32H2,1-6H3. The van der Waals surface area contributed by atoms with Crippen LogP contribution in [-0.4, -0.2) is 59.6 Å². The second-order valence-electron chi connectivity index (χ2n) is 14.7. The Hall–Kier alpha value is -3.13. The summed E-state index contributed by atoms with van der Waals surface area (Å²) in [5.74, 6) is -0.287. The minimum Gasteiger partial charge on any atom is -0.469 e. The third kappa shape index (κ3) is 12.5. The molecule has 0 aromatic heterocycles. The molecular formula is C44H62O6S. The highest BCUT2D eigenvalue weighted by Crippen LogP contribution is 2.51. The van der Waals surface area contributed by atoms with Crippen LogP contribution in [0.3, 0.4) is 0 Å². The first kappa shape index (κ1) is 42.3. The van der Waals surface area contributed by atoms with Gasteiger partial charge in [0.2, 0.25) is 0 Å². The SMILES string of the molecule is CCCC(CCO)SCC(O)COC(=O)C(C)(CC(C)C(=O)OC)CC(CC(CC(C)CC)c1ccccc1)(c1ccccc1)c1ccccc1. The van der Waals surface area contributed by atoms with Crippen LogP contribution in [0, 0.1) is 17.3 Å². The first-order valence-electron chi connectivity index (χ1n) is 18.8. The Morgan fingerprint density at radius 1 is 0.843 bits per heavy atom. The molecule has 6 atom stereocenters. The number of aliphatic hydroxyl groups excluding tert-OH is 2. The molecule has 2 N–H and O–H groups in total. The van der Waals surface area contributed by atoms with Crippen molar-refractivity contribution < 1.29 is 29.3 Å². The maximum atomic E-state index is 14.6. The van der Waals surface area contributed by atoms with Crippen molar-refractivity contribution in [1.82, 2.24) is 0 Å². The van der Waals surface area contributed by atoms with E-state index in [0.717, 1.165) is 43.2 Å². The van der Waals surface area contributed by atoms with Crippen LogP contribution in [0.5, 0.6) is 0 Å². The summed E-state index contributed by atoms with van der Waals surface area (Å²) < 4.78 is 11.2. The lowest BCUT2D eigenvalue weighted by atomic mass is 9.59. The lowest BCUT2D eigenvalue weighted by Crippen LogP contribution is -2.43. The highest BCUT2D eigenvalue weighted by atomic mass is 32.2. The van der Waals surface area contributed by atoms with E-state index in [9.17, 15) is 19.8 Å². The van der Waals surface area contributed by atoms with Gasteiger partial charge in [-0.2, -0.15) is 11.8 Å². The Morgan fingerprint density at radius 2 is 1.41 bits per heavy atom. The minimum atomic E-state index is -1.12. The van der Waals surface area contributed by atoms with Gasteiger partial charge in [0.25, 0.3) is 0 Å². The summed E-state index contributed by atoms with van der Waals surface area (Å²) in [6, 6.07) is 31.6. The highest BCUT2D eigenvalue weighted by Gasteiger charge is 2.48. The van der Waals surface area contributed by atoms with Crippen LogP contribution in [0.15, 0.2) is 91.0 Å². The molecular weight excluding hydrogens is 657 g/mol. The third-order valence-electron chi connectivity index (χ3n) is 10.4. The molecule has 3 aromatic rings. The van der Waals surface area contributed by atoms with Crippen molar-refractivity contribution in [3.05, 3.63) is 108 Å². The maximum absolute atomic E-state index is 14.6. The number of hydrogen-bond donors (Lipinski definition) is 2. The molecule has 0 saturated carbocycles. The molecule has 0 bridgehead atoms. The van der Waals surface area contributed by atoms with Gasteiger partial charge in [0, 0.05) is 23.0 Å². The van der Waals surface area contributed by atoms with Gasteiger partial charge in [-0.3, -0.25) is 9.59 Å². The van der Waals surface area contributed by atoms with Crippen LogP contribution in [-0.2, 0) is 24.5 Å². The van der Waals surface area contributed by atoms with Gasteiger partial charge in [0.05, 0.1) is 24.5 Å². The second-order valence-corrected chi connectivity index (χ2v) is 16.1. The van der Waals surface area contributed by atoms with E-state index in [2.05, 4.69) is 99.6 Å². The lowest BCUT2D eigenvalue weighted by molar-refractivity contribution is -0.161. The first-order chi connectivity index (χ1) is 24.5. The van der Waals surface area contributed by atoms with Gasteiger partial charge >= 0.3 is 11.9 Å². The topological polar surface area (TPSA) is 93.1 Å². The Balaban J connectivity index is 2.12. The number of thioether (sulfide) groups is 1. The van der Waals surface area contributed by atoms with E-state index in [4.69, 9.17) is 9.47 Å². The number of methoxy groups -OCH3 is 1. The van der Waals surface area contributed by atoms with Crippen LogP contribution < -0.4 is 0 Å². The van der Waals surface area contributed by atoms with Crippen LogP contribution in [0.25, 0.3) is 0 Å². The van der Waals surface area contributed by atoms with Gasteiger partial charge in [0.15, 0.2) is 0 Å². The van der Waals surface area contributed by atoms with Crippen molar-refractivity contribution in [3.8, 4) is 0 Å². The van der Waals surface area contributed by atoms with Crippen molar-refractivity contribution in [2.45, 2.75) is 109 Å². The number of rotatable bonds is 23. The second kappa shape index (κ2) is 21.4. The van der Waals surface area contributed by atoms with E-state index in [1.807, 2.05) is 19.1 Å². The van der Waals surface area contributed by atoms with Gasteiger partial charge in [-0.25, -0.2) is 0 Å². The molecule has 0 aliphatic heterocycles. The molecule has 6 nitrogen and oxygen atoms in total. The Bertz CT molecular complexity index is 1370. The van der Waals surface area contributed by atoms with Crippen molar-refractivity contribution >= 4 is 23.7 Å². The van der Waals surface area contributed by atoms with E-state index in [1.54, 1.807) is 18.7 Å². The summed E-state index contributed by atoms with van der Waals surface area (Å²) >= 11 is 1.61. The molecule has 0 aliphatic rings. The van der Waals surface area contributed by atoms with Gasteiger partial charge in [-0.1, -0.05) is 132 Å². The molecule has 6 unspecified atom stereocenters. The zero-order valence-corrected chi connectivity index (χ0v) is 32.6. The van der Waals surface area contributed by atoms with E-state index in [1.165, 1.54) is 12.7 Å². The summed E-state index contributed by atoms with van der Waals surface area (Å²) in [5, 5.41) is 20.7. The monoisotopic (exact) mass is 718 g/mol. The normalized spacial score (nSPS) is 15.9. The quantitative estimate of drug-likeness (QED) is 0.0945. The summed E-state index contributed by atoms with van der Waals surface area (Å²) in [6.07, 6.45) is 5.15. The fourth-order valence-corrected chi connectivity index (χ4v) is 8.87. The Labute approximate surface area is 311 Å². The van der Waals surface area contributed by atoms with Crippen LogP contribution in [0.1, 0.15) is 109 Å².